The molecule has 0 atom stereocenters. The van der Waals surface area contributed by atoms with Crippen LogP contribution in [-0.2, 0) is 9.53 Å². The Morgan fingerprint density at radius 3 is 2.76 bits per heavy atom. The zero-order valence-corrected chi connectivity index (χ0v) is 19.0. The molecule has 3 heterocycles. The highest BCUT2D eigenvalue weighted by molar-refractivity contribution is 7.08. The van der Waals surface area contributed by atoms with Crippen LogP contribution in [0.2, 0.25) is 0 Å². The van der Waals surface area contributed by atoms with Gasteiger partial charge in [-0.05, 0) is 42.1 Å². The first-order valence-corrected chi connectivity index (χ1v) is 11.4. The predicted molar refractivity (Wildman–Crippen MR) is 124 cm³/mol. The van der Waals surface area contributed by atoms with E-state index in [1.807, 2.05) is 17.5 Å². The monoisotopic (exact) mass is 468 g/mol. The van der Waals surface area contributed by atoms with Crippen LogP contribution in [0.5, 0.6) is 11.6 Å². The third-order valence-corrected chi connectivity index (χ3v) is 5.70. The number of anilines is 1. The number of methoxy groups -OCH3 is 1. The van der Waals surface area contributed by atoms with Gasteiger partial charge in [0.05, 0.1) is 18.3 Å². The maximum Gasteiger partial charge on any atom is 0.257 e. The second-order valence-electron chi connectivity index (χ2n) is 7.28. The number of thiophene rings is 1. The molecular formula is C23H24N4O5S. The fraction of sp³-hybridized carbons (Fsp3) is 0.304. The predicted octanol–water partition coefficient (Wildman–Crippen LogP) is 3.44. The van der Waals surface area contributed by atoms with Crippen LogP contribution < -0.4 is 14.8 Å². The summed E-state index contributed by atoms with van der Waals surface area (Å²) < 4.78 is 16.1. The fourth-order valence-corrected chi connectivity index (χ4v) is 3.99. The van der Waals surface area contributed by atoms with E-state index >= 15 is 0 Å². The molecular weight excluding hydrogens is 444 g/mol. The quantitative estimate of drug-likeness (QED) is 0.455. The average Bonchev–Trinajstić information content (AvgIpc) is 3.51. The Morgan fingerprint density at radius 2 is 2.06 bits per heavy atom. The molecule has 33 heavy (non-hydrogen) atoms. The summed E-state index contributed by atoms with van der Waals surface area (Å²) >= 11 is 1.44. The molecule has 0 aliphatic carbocycles. The maximum atomic E-state index is 12.7. The number of benzene rings is 1. The number of hydrogen-bond acceptors (Lipinski definition) is 8. The Bertz CT molecular complexity index is 1090. The molecule has 3 aromatic rings. The Kier molecular flexibility index (Phi) is 7.48. The zero-order valence-electron chi connectivity index (χ0n) is 18.2. The smallest absolute Gasteiger partial charge is 0.257 e. The number of amides is 2. The van der Waals surface area contributed by atoms with E-state index < -0.39 is 0 Å². The molecule has 1 aliphatic rings. The summed E-state index contributed by atoms with van der Waals surface area (Å²) in [4.78, 5) is 35.2. The standard InChI is InChI=1S/C23H24N4O5S/c1-30-15-32-18-6-4-16(5-7-18)21-22(26-23(29)17-8-12-33-14-17)25-19(13-24-21)31-11-10-27-9-2-3-20(27)28/h4-8,12-14H,2-3,9-11,15H2,1H3,(H,25,26,29). The minimum atomic E-state index is -0.285. The second kappa shape index (κ2) is 10.9. The zero-order chi connectivity index (χ0) is 23.0. The molecule has 4 rings (SSSR count). The minimum Gasteiger partial charge on any atom is -0.475 e. The van der Waals surface area contributed by atoms with Crippen molar-refractivity contribution >= 4 is 29.0 Å². The van der Waals surface area contributed by atoms with Gasteiger partial charge in [-0.15, -0.1) is 0 Å². The number of carbonyl (C=O) groups is 2. The van der Waals surface area contributed by atoms with E-state index in [2.05, 4.69) is 15.3 Å². The number of hydrogen-bond donors (Lipinski definition) is 1. The number of likely N-dealkylation sites (tertiary alicyclic amines) is 1. The Hall–Kier alpha value is -3.50. The fourth-order valence-electron chi connectivity index (χ4n) is 3.35. The van der Waals surface area contributed by atoms with Gasteiger partial charge in [0.2, 0.25) is 11.8 Å². The molecule has 0 unspecified atom stereocenters. The SMILES string of the molecule is COCOc1ccc(-c2ncc(OCCN3CCCC3=O)nc2NC(=O)c2ccsc2)cc1. The third kappa shape index (κ3) is 5.85. The summed E-state index contributed by atoms with van der Waals surface area (Å²) in [7, 11) is 1.55. The van der Waals surface area contributed by atoms with E-state index in [0.717, 1.165) is 18.5 Å². The lowest BCUT2D eigenvalue weighted by molar-refractivity contribution is -0.128. The van der Waals surface area contributed by atoms with Crippen molar-refractivity contribution in [1.82, 2.24) is 14.9 Å². The Labute approximate surface area is 195 Å². The molecule has 1 aliphatic heterocycles. The molecule has 1 fully saturated rings. The van der Waals surface area contributed by atoms with Crippen LogP contribution in [0.1, 0.15) is 23.2 Å². The molecule has 0 saturated carbocycles. The van der Waals surface area contributed by atoms with Crippen molar-refractivity contribution < 1.29 is 23.8 Å². The van der Waals surface area contributed by atoms with Crippen molar-refractivity contribution in [2.24, 2.45) is 0 Å². The van der Waals surface area contributed by atoms with Crippen molar-refractivity contribution in [2.45, 2.75) is 12.8 Å². The van der Waals surface area contributed by atoms with Crippen LogP contribution in [0.15, 0.2) is 47.3 Å². The lowest BCUT2D eigenvalue weighted by atomic mass is 10.1. The van der Waals surface area contributed by atoms with Gasteiger partial charge in [-0.25, -0.2) is 4.98 Å². The third-order valence-electron chi connectivity index (χ3n) is 5.02. The largest absolute Gasteiger partial charge is 0.475 e. The molecule has 0 spiro atoms. The van der Waals surface area contributed by atoms with E-state index in [0.29, 0.717) is 36.6 Å². The second-order valence-corrected chi connectivity index (χ2v) is 8.06. The maximum absolute atomic E-state index is 12.7. The van der Waals surface area contributed by atoms with Gasteiger partial charge in [0.1, 0.15) is 18.1 Å². The molecule has 1 aromatic carbocycles. The highest BCUT2D eigenvalue weighted by Crippen LogP contribution is 2.28. The summed E-state index contributed by atoms with van der Waals surface area (Å²) in [5, 5.41) is 6.43. The van der Waals surface area contributed by atoms with Crippen molar-refractivity contribution in [2.75, 3.05) is 38.9 Å². The molecule has 0 bridgehead atoms. The van der Waals surface area contributed by atoms with Gasteiger partial charge < -0.3 is 24.4 Å². The van der Waals surface area contributed by atoms with E-state index in [9.17, 15) is 9.59 Å². The highest BCUT2D eigenvalue weighted by atomic mass is 32.1. The van der Waals surface area contributed by atoms with Gasteiger partial charge in [-0.2, -0.15) is 16.3 Å². The van der Waals surface area contributed by atoms with Crippen molar-refractivity contribution in [3.05, 3.63) is 52.9 Å². The van der Waals surface area contributed by atoms with Crippen LogP contribution in [0.25, 0.3) is 11.3 Å². The molecule has 10 heteroatoms. The van der Waals surface area contributed by atoms with E-state index in [-0.39, 0.29) is 30.3 Å². The number of carbonyl (C=O) groups excluding carboxylic acids is 2. The molecule has 2 aromatic heterocycles. The van der Waals surface area contributed by atoms with Gasteiger partial charge in [0, 0.05) is 31.0 Å². The van der Waals surface area contributed by atoms with Gasteiger partial charge in [0.15, 0.2) is 12.6 Å². The van der Waals surface area contributed by atoms with E-state index in [1.54, 1.807) is 35.6 Å². The normalized spacial score (nSPS) is 13.2. The summed E-state index contributed by atoms with van der Waals surface area (Å²) in [6.45, 7) is 1.68. The molecule has 172 valence electrons. The first kappa shape index (κ1) is 22.7. The van der Waals surface area contributed by atoms with Crippen LogP contribution in [-0.4, -0.2) is 60.3 Å². The topological polar surface area (TPSA) is 103 Å². The summed E-state index contributed by atoms with van der Waals surface area (Å²) in [6, 6.07) is 8.97. The van der Waals surface area contributed by atoms with Crippen molar-refractivity contribution in [3.8, 4) is 22.9 Å². The minimum absolute atomic E-state index is 0.140. The van der Waals surface area contributed by atoms with Gasteiger partial charge in [-0.1, -0.05) is 0 Å². The number of nitrogens with one attached hydrogen (secondary N) is 1. The van der Waals surface area contributed by atoms with Gasteiger partial charge in [-0.3, -0.25) is 9.59 Å². The van der Waals surface area contributed by atoms with Crippen LogP contribution in [0.4, 0.5) is 5.82 Å². The van der Waals surface area contributed by atoms with Crippen molar-refractivity contribution in [1.29, 1.82) is 0 Å². The van der Waals surface area contributed by atoms with Gasteiger partial charge in [0.25, 0.3) is 5.91 Å². The van der Waals surface area contributed by atoms with Crippen LogP contribution in [0, 0.1) is 0 Å². The van der Waals surface area contributed by atoms with E-state index in [1.165, 1.54) is 17.5 Å². The number of aromatic nitrogens is 2. The summed E-state index contributed by atoms with van der Waals surface area (Å²) in [5.74, 6) is 1.06. The lowest BCUT2D eigenvalue weighted by Gasteiger charge is -2.16. The van der Waals surface area contributed by atoms with Crippen LogP contribution >= 0.6 is 11.3 Å². The summed E-state index contributed by atoms with van der Waals surface area (Å²) in [6.07, 6.45) is 2.97. The van der Waals surface area contributed by atoms with E-state index in [4.69, 9.17) is 14.2 Å². The lowest BCUT2D eigenvalue weighted by Crippen LogP contribution is -2.29. The first-order valence-electron chi connectivity index (χ1n) is 10.5. The molecule has 0 radical (unpaired) electrons. The van der Waals surface area contributed by atoms with Crippen molar-refractivity contribution in [3.63, 3.8) is 0 Å². The highest BCUT2D eigenvalue weighted by Gasteiger charge is 2.20. The first-order chi connectivity index (χ1) is 16.1. The Morgan fingerprint density at radius 1 is 1.21 bits per heavy atom. The number of nitrogens with zero attached hydrogens (tertiary/aromatic N) is 3. The number of rotatable bonds is 10. The van der Waals surface area contributed by atoms with Gasteiger partial charge >= 0.3 is 0 Å². The molecule has 1 saturated heterocycles. The molecule has 2 amide bonds. The molecule has 1 N–H and O–H groups in total. The average molecular weight is 469 g/mol. The number of ether oxygens (including phenoxy) is 3. The molecule has 9 nitrogen and oxygen atoms in total. The van der Waals surface area contributed by atoms with Crippen LogP contribution in [0.3, 0.4) is 0 Å². The summed E-state index contributed by atoms with van der Waals surface area (Å²) in [5.41, 5.74) is 1.79. The Balaban J connectivity index is 1.52.